The van der Waals surface area contributed by atoms with Gasteiger partial charge in [0.2, 0.25) is 0 Å². The van der Waals surface area contributed by atoms with E-state index in [1.54, 1.807) is 18.2 Å². The Morgan fingerprint density at radius 1 is 1.47 bits per heavy atom. The van der Waals surface area contributed by atoms with E-state index in [2.05, 4.69) is 10.3 Å². The van der Waals surface area contributed by atoms with Crippen LogP contribution in [0.3, 0.4) is 0 Å². The van der Waals surface area contributed by atoms with Crippen LogP contribution in [-0.2, 0) is 0 Å². The van der Waals surface area contributed by atoms with Crippen molar-refractivity contribution in [3.63, 3.8) is 0 Å². The molecule has 0 amide bonds. The molecule has 5 heteroatoms. The van der Waals surface area contributed by atoms with Gasteiger partial charge in [0.25, 0.3) is 0 Å². The Bertz CT molecular complexity index is 408. The maximum absolute atomic E-state index is 13.2. The first-order chi connectivity index (χ1) is 8.27. The lowest BCUT2D eigenvalue weighted by Crippen LogP contribution is -2.37. The lowest BCUT2D eigenvalue weighted by Gasteiger charge is -2.15. The molecule has 2 rings (SSSR count). The lowest BCUT2D eigenvalue weighted by atomic mass is 10.3. The number of nitrogens with one attached hydrogen (secondary N) is 1. The molecule has 0 unspecified atom stereocenters. The van der Waals surface area contributed by atoms with Crippen LogP contribution in [0.2, 0.25) is 0 Å². The maximum atomic E-state index is 13.2. The number of para-hydroxylation sites is 1. The Kier molecular flexibility index (Phi) is 3.80. The Morgan fingerprint density at radius 3 is 3.00 bits per heavy atom. The number of halogens is 1. The van der Waals surface area contributed by atoms with Crippen LogP contribution in [0, 0.1) is 5.82 Å². The minimum atomic E-state index is -0.331. The third kappa shape index (κ3) is 3.09. The molecule has 4 nitrogen and oxygen atoms in total. The summed E-state index contributed by atoms with van der Waals surface area (Å²) in [5, 5.41) is 3.15. The topological polar surface area (TPSA) is 36.9 Å². The quantitative estimate of drug-likeness (QED) is 0.797. The van der Waals surface area contributed by atoms with Crippen molar-refractivity contribution in [2.24, 2.45) is 4.99 Å². The largest absolute Gasteiger partial charge is 0.489 e. The summed E-state index contributed by atoms with van der Waals surface area (Å²) in [5.74, 6) is 0.834. The Hall–Kier alpha value is -1.78. The van der Waals surface area contributed by atoms with Crippen molar-refractivity contribution in [2.75, 3.05) is 33.3 Å². The predicted octanol–water partition coefficient (Wildman–Crippen LogP) is 1.10. The zero-order chi connectivity index (χ0) is 12.1. The Morgan fingerprint density at radius 2 is 2.29 bits per heavy atom. The summed E-state index contributed by atoms with van der Waals surface area (Å²) < 4.78 is 18.5. The van der Waals surface area contributed by atoms with Gasteiger partial charge in [-0.2, -0.15) is 0 Å². The highest BCUT2D eigenvalue weighted by Crippen LogP contribution is 2.14. The molecule has 1 aromatic rings. The highest BCUT2D eigenvalue weighted by atomic mass is 19.1. The van der Waals surface area contributed by atoms with E-state index < -0.39 is 0 Å². The summed E-state index contributed by atoms with van der Waals surface area (Å²) in [6.45, 7) is 2.79. The summed E-state index contributed by atoms with van der Waals surface area (Å²) in [5.41, 5.74) is 0. The number of rotatable bonds is 4. The zero-order valence-corrected chi connectivity index (χ0v) is 9.82. The van der Waals surface area contributed by atoms with Crippen molar-refractivity contribution >= 4 is 5.96 Å². The van der Waals surface area contributed by atoms with Crippen molar-refractivity contribution < 1.29 is 9.13 Å². The monoisotopic (exact) mass is 237 g/mol. The molecular formula is C12H16FN3O. The summed E-state index contributed by atoms with van der Waals surface area (Å²) in [6.07, 6.45) is 0. The SMILES string of the molecule is CN1CCN=C1NCCOc1ccccc1F. The molecule has 1 N–H and O–H groups in total. The van der Waals surface area contributed by atoms with Gasteiger partial charge in [0.15, 0.2) is 17.5 Å². The highest BCUT2D eigenvalue weighted by molar-refractivity contribution is 5.81. The summed E-state index contributed by atoms with van der Waals surface area (Å²) in [7, 11) is 1.98. The molecule has 0 aliphatic carbocycles. The van der Waals surface area contributed by atoms with Crippen LogP contribution in [-0.4, -0.2) is 44.1 Å². The van der Waals surface area contributed by atoms with Gasteiger partial charge in [-0.3, -0.25) is 4.99 Å². The fourth-order valence-corrected chi connectivity index (χ4v) is 1.61. The summed E-state index contributed by atoms with van der Waals surface area (Å²) in [6, 6.07) is 6.40. The first-order valence-electron chi connectivity index (χ1n) is 5.64. The minimum absolute atomic E-state index is 0.288. The number of aliphatic imine (C=N–C) groups is 1. The van der Waals surface area contributed by atoms with Gasteiger partial charge >= 0.3 is 0 Å². The van der Waals surface area contributed by atoms with Crippen molar-refractivity contribution in [3.8, 4) is 5.75 Å². The van der Waals surface area contributed by atoms with Crippen LogP contribution < -0.4 is 10.1 Å². The molecule has 1 aromatic carbocycles. The van der Waals surface area contributed by atoms with E-state index >= 15 is 0 Å². The standard InChI is InChI=1S/C12H16FN3O/c1-16-8-6-14-12(16)15-7-9-17-11-5-3-2-4-10(11)13/h2-5H,6-9H2,1H3,(H,14,15). The van der Waals surface area contributed by atoms with E-state index in [1.165, 1.54) is 6.07 Å². The highest BCUT2D eigenvalue weighted by Gasteiger charge is 2.10. The Labute approximate surface area is 100 Å². The fraction of sp³-hybridized carbons (Fsp3) is 0.417. The average Bonchev–Trinajstić information content (AvgIpc) is 2.73. The molecule has 1 heterocycles. The molecule has 92 valence electrons. The second-order valence-electron chi connectivity index (χ2n) is 3.83. The van der Waals surface area contributed by atoms with Crippen LogP contribution in [0.5, 0.6) is 5.75 Å². The molecule has 0 radical (unpaired) electrons. The van der Waals surface area contributed by atoms with E-state index in [-0.39, 0.29) is 11.6 Å². The zero-order valence-electron chi connectivity index (χ0n) is 9.82. The number of benzene rings is 1. The van der Waals surface area contributed by atoms with Crippen LogP contribution in [0.4, 0.5) is 4.39 Å². The van der Waals surface area contributed by atoms with Crippen LogP contribution >= 0.6 is 0 Å². The maximum Gasteiger partial charge on any atom is 0.193 e. The number of nitrogens with zero attached hydrogens (tertiary/aromatic N) is 2. The molecule has 1 aliphatic heterocycles. The molecule has 0 atom stereocenters. The number of likely N-dealkylation sites (N-methyl/N-ethyl adjacent to an activating group) is 1. The molecule has 0 fully saturated rings. The van der Waals surface area contributed by atoms with Gasteiger partial charge in [0, 0.05) is 13.6 Å². The van der Waals surface area contributed by atoms with Gasteiger partial charge in [0.1, 0.15) is 6.61 Å². The second kappa shape index (κ2) is 5.52. The van der Waals surface area contributed by atoms with Gasteiger partial charge in [-0.15, -0.1) is 0 Å². The number of ether oxygens (including phenoxy) is 1. The van der Waals surface area contributed by atoms with E-state index in [4.69, 9.17) is 4.74 Å². The van der Waals surface area contributed by atoms with E-state index in [0.29, 0.717) is 13.2 Å². The molecule has 0 spiro atoms. The molecule has 0 saturated heterocycles. The third-order valence-electron chi connectivity index (χ3n) is 2.54. The smallest absolute Gasteiger partial charge is 0.193 e. The fourth-order valence-electron chi connectivity index (χ4n) is 1.61. The van der Waals surface area contributed by atoms with Crippen LogP contribution in [0.25, 0.3) is 0 Å². The third-order valence-corrected chi connectivity index (χ3v) is 2.54. The van der Waals surface area contributed by atoms with E-state index in [0.717, 1.165) is 19.0 Å². The minimum Gasteiger partial charge on any atom is -0.489 e. The molecule has 0 bridgehead atoms. The van der Waals surface area contributed by atoms with Gasteiger partial charge in [-0.25, -0.2) is 4.39 Å². The van der Waals surface area contributed by atoms with Gasteiger partial charge in [-0.05, 0) is 12.1 Å². The van der Waals surface area contributed by atoms with E-state index in [9.17, 15) is 4.39 Å². The molecule has 0 saturated carbocycles. The molecule has 1 aliphatic rings. The average molecular weight is 237 g/mol. The number of guanidine groups is 1. The molecule has 0 aromatic heterocycles. The summed E-state index contributed by atoms with van der Waals surface area (Å²) >= 11 is 0. The lowest BCUT2D eigenvalue weighted by molar-refractivity contribution is 0.304. The Balaban J connectivity index is 1.72. The number of hydrogen-bond donors (Lipinski definition) is 1. The second-order valence-corrected chi connectivity index (χ2v) is 3.83. The van der Waals surface area contributed by atoms with Crippen molar-refractivity contribution in [1.29, 1.82) is 0 Å². The first kappa shape index (κ1) is 11.7. The van der Waals surface area contributed by atoms with Crippen LogP contribution in [0.15, 0.2) is 29.3 Å². The van der Waals surface area contributed by atoms with Crippen LogP contribution in [0.1, 0.15) is 0 Å². The van der Waals surface area contributed by atoms with E-state index in [1.807, 2.05) is 11.9 Å². The molecular weight excluding hydrogens is 221 g/mol. The van der Waals surface area contributed by atoms with Crippen molar-refractivity contribution in [2.45, 2.75) is 0 Å². The number of hydrogen-bond acceptors (Lipinski definition) is 4. The molecule has 17 heavy (non-hydrogen) atoms. The normalized spacial score (nSPS) is 14.7. The van der Waals surface area contributed by atoms with Crippen molar-refractivity contribution in [3.05, 3.63) is 30.1 Å². The summed E-state index contributed by atoms with van der Waals surface area (Å²) in [4.78, 5) is 6.33. The van der Waals surface area contributed by atoms with Crippen molar-refractivity contribution in [1.82, 2.24) is 10.2 Å². The van der Waals surface area contributed by atoms with Gasteiger partial charge in [0.05, 0.1) is 13.1 Å². The predicted molar refractivity (Wildman–Crippen MR) is 64.8 cm³/mol. The first-order valence-corrected chi connectivity index (χ1v) is 5.64. The van der Waals surface area contributed by atoms with Gasteiger partial charge < -0.3 is 15.0 Å². The van der Waals surface area contributed by atoms with Gasteiger partial charge in [-0.1, -0.05) is 12.1 Å².